The molecule has 0 bridgehead atoms. The molecule has 0 heterocycles. The van der Waals surface area contributed by atoms with Gasteiger partial charge in [-0.15, -0.1) is 0 Å². The van der Waals surface area contributed by atoms with Crippen molar-refractivity contribution in [3.63, 3.8) is 0 Å². The van der Waals surface area contributed by atoms with Crippen molar-refractivity contribution in [1.82, 2.24) is 0 Å². The molecule has 0 amide bonds. The van der Waals surface area contributed by atoms with E-state index >= 15 is 0 Å². The van der Waals surface area contributed by atoms with Crippen molar-refractivity contribution < 1.29 is 5.11 Å². The second kappa shape index (κ2) is 5.18. The van der Waals surface area contributed by atoms with Crippen LogP contribution in [-0.2, 0) is 18.4 Å². The zero-order valence-corrected chi connectivity index (χ0v) is 13.6. The van der Waals surface area contributed by atoms with E-state index in [1.54, 1.807) is 0 Å². The highest BCUT2D eigenvalue weighted by Gasteiger charge is 2.37. The van der Waals surface area contributed by atoms with Gasteiger partial charge in [0, 0.05) is 15.9 Å². The molecule has 0 aromatic heterocycles. The summed E-state index contributed by atoms with van der Waals surface area (Å²) >= 11 is 9.70. The first-order valence-electron chi connectivity index (χ1n) is 6.74. The third-order valence-corrected chi connectivity index (χ3v) is 4.92. The molecule has 3 rings (SSSR count). The predicted molar refractivity (Wildman–Crippen MR) is 86.3 cm³/mol. The number of hydrogen-bond donors (Lipinski definition) is 1. The molecule has 0 fully saturated rings. The lowest BCUT2D eigenvalue weighted by atomic mass is 9.88. The minimum absolute atomic E-state index is 0.565. The smallest absolute Gasteiger partial charge is 0.0943 e. The Labute approximate surface area is 132 Å². The fraction of sp³-hybridized carbons (Fsp3) is 0.294. The molecular formula is C17H16BrClO. The highest BCUT2D eigenvalue weighted by Crippen LogP contribution is 2.41. The van der Waals surface area contributed by atoms with Crippen molar-refractivity contribution in [3.8, 4) is 0 Å². The molecule has 3 heteroatoms. The minimum Gasteiger partial charge on any atom is -0.385 e. The number of benzene rings is 2. The van der Waals surface area contributed by atoms with Gasteiger partial charge in [0.25, 0.3) is 0 Å². The van der Waals surface area contributed by atoms with Crippen molar-refractivity contribution >= 4 is 27.5 Å². The maximum atomic E-state index is 11.0. The number of rotatable bonds is 2. The monoisotopic (exact) mass is 350 g/mol. The second-order valence-electron chi connectivity index (χ2n) is 5.60. The molecule has 104 valence electrons. The van der Waals surface area contributed by atoms with Crippen LogP contribution in [0.1, 0.15) is 28.7 Å². The Morgan fingerprint density at radius 2 is 2.05 bits per heavy atom. The fourth-order valence-corrected chi connectivity index (χ4v) is 3.72. The largest absolute Gasteiger partial charge is 0.385 e. The zero-order valence-electron chi connectivity index (χ0n) is 11.3. The van der Waals surface area contributed by atoms with Crippen LogP contribution in [0.15, 0.2) is 40.9 Å². The SMILES string of the molecule is Cc1ccc2c(c1)C(O)(Cc1ccc(Br)cc1Cl)CC2. The molecule has 1 aliphatic rings. The Morgan fingerprint density at radius 1 is 1.25 bits per heavy atom. The van der Waals surface area contributed by atoms with Crippen LogP contribution in [0.25, 0.3) is 0 Å². The Hall–Kier alpha value is -0.830. The molecule has 0 radical (unpaired) electrons. The predicted octanol–water partition coefficient (Wildman–Crippen LogP) is 4.79. The van der Waals surface area contributed by atoms with Crippen molar-refractivity contribution in [2.75, 3.05) is 0 Å². The van der Waals surface area contributed by atoms with Gasteiger partial charge in [0.15, 0.2) is 0 Å². The summed E-state index contributed by atoms with van der Waals surface area (Å²) in [6.07, 6.45) is 2.26. The topological polar surface area (TPSA) is 20.2 Å². The van der Waals surface area contributed by atoms with E-state index in [0.29, 0.717) is 11.4 Å². The van der Waals surface area contributed by atoms with Crippen molar-refractivity contribution in [1.29, 1.82) is 0 Å². The van der Waals surface area contributed by atoms with E-state index in [-0.39, 0.29) is 0 Å². The highest BCUT2D eigenvalue weighted by molar-refractivity contribution is 9.10. The van der Waals surface area contributed by atoms with Gasteiger partial charge in [0.05, 0.1) is 5.60 Å². The highest BCUT2D eigenvalue weighted by atomic mass is 79.9. The van der Waals surface area contributed by atoms with E-state index in [1.165, 1.54) is 11.1 Å². The van der Waals surface area contributed by atoms with Gasteiger partial charge in [0.2, 0.25) is 0 Å². The lowest BCUT2D eigenvalue weighted by Gasteiger charge is -2.25. The van der Waals surface area contributed by atoms with E-state index in [0.717, 1.165) is 28.4 Å². The summed E-state index contributed by atoms with van der Waals surface area (Å²) in [6, 6.07) is 12.2. The van der Waals surface area contributed by atoms with E-state index in [9.17, 15) is 5.11 Å². The maximum Gasteiger partial charge on any atom is 0.0943 e. The molecule has 2 aromatic rings. The Morgan fingerprint density at radius 3 is 2.80 bits per heavy atom. The molecule has 2 aromatic carbocycles. The summed E-state index contributed by atoms with van der Waals surface area (Å²) in [5.41, 5.74) is 3.71. The molecule has 0 saturated carbocycles. The van der Waals surface area contributed by atoms with Crippen LogP contribution in [0.4, 0.5) is 0 Å². The van der Waals surface area contributed by atoms with Gasteiger partial charge in [-0.3, -0.25) is 0 Å². The summed E-state index contributed by atoms with van der Waals surface area (Å²) in [4.78, 5) is 0. The molecule has 1 unspecified atom stereocenters. The summed E-state index contributed by atoms with van der Waals surface area (Å²) in [6.45, 7) is 2.06. The molecule has 20 heavy (non-hydrogen) atoms. The first-order valence-corrected chi connectivity index (χ1v) is 7.91. The molecular weight excluding hydrogens is 336 g/mol. The molecule has 1 N–H and O–H groups in total. The van der Waals surface area contributed by atoms with Crippen LogP contribution in [0, 0.1) is 6.92 Å². The van der Waals surface area contributed by atoms with Gasteiger partial charge in [0.1, 0.15) is 0 Å². The average Bonchev–Trinajstić information content (AvgIpc) is 2.71. The number of halogens is 2. The van der Waals surface area contributed by atoms with E-state index < -0.39 is 5.60 Å². The first-order chi connectivity index (χ1) is 9.48. The van der Waals surface area contributed by atoms with Crippen molar-refractivity contribution in [3.05, 3.63) is 68.1 Å². The Bertz CT molecular complexity index is 668. The lowest BCUT2D eigenvalue weighted by molar-refractivity contribution is 0.0389. The molecule has 1 nitrogen and oxygen atoms in total. The van der Waals surface area contributed by atoms with Gasteiger partial charge in [-0.2, -0.15) is 0 Å². The first kappa shape index (κ1) is 14.1. The molecule has 0 aliphatic heterocycles. The minimum atomic E-state index is -0.793. The molecule has 1 atom stereocenters. The molecule has 0 spiro atoms. The van der Waals surface area contributed by atoms with Crippen LogP contribution >= 0.6 is 27.5 Å². The third kappa shape index (κ3) is 2.52. The maximum absolute atomic E-state index is 11.0. The van der Waals surface area contributed by atoms with Gasteiger partial charge in [-0.25, -0.2) is 0 Å². The number of hydrogen-bond acceptors (Lipinski definition) is 1. The summed E-state index contributed by atoms with van der Waals surface area (Å²) < 4.78 is 0.959. The fourth-order valence-electron chi connectivity index (χ4n) is 2.98. The molecule has 1 aliphatic carbocycles. The van der Waals surface area contributed by atoms with Crippen molar-refractivity contribution in [2.24, 2.45) is 0 Å². The Balaban J connectivity index is 1.97. The Kier molecular flexibility index (Phi) is 3.65. The summed E-state index contributed by atoms with van der Waals surface area (Å²) in [5, 5.41) is 11.7. The normalized spacial score (nSPS) is 21.0. The zero-order chi connectivity index (χ0) is 14.3. The van der Waals surface area contributed by atoms with Gasteiger partial charge >= 0.3 is 0 Å². The van der Waals surface area contributed by atoms with Gasteiger partial charge in [-0.05, 0) is 48.6 Å². The van der Waals surface area contributed by atoms with Crippen LogP contribution in [-0.4, -0.2) is 5.11 Å². The molecule has 0 saturated heterocycles. The number of aliphatic hydroxyl groups is 1. The average molecular weight is 352 g/mol. The van der Waals surface area contributed by atoms with Crippen LogP contribution in [0.5, 0.6) is 0 Å². The number of fused-ring (bicyclic) bond motifs is 1. The standard InChI is InChI=1S/C17H16BrClO/c1-11-2-3-12-6-7-17(20,15(12)8-11)10-13-4-5-14(18)9-16(13)19/h2-5,8-9,20H,6-7,10H2,1H3. The number of aryl methyl sites for hydroxylation is 2. The van der Waals surface area contributed by atoms with Crippen molar-refractivity contribution in [2.45, 2.75) is 31.8 Å². The van der Waals surface area contributed by atoms with Gasteiger partial charge in [-0.1, -0.05) is 57.4 Å². The van der Waals surface area contributed by atoms with Crippen LogP contribution in [0.3, 0.4) is 0 Å². The van der Waals surface area contributed by atoms with E-state index in [1.807, 2.05) is 18.2 Å². The third-order valence-electron chi connectivity index (χ3n) is 4.07. The quantitative estimate of drug-likeness (QED) is 0.825. The van der Waals surface area contributed by atoms with E-state index in [4.69, 9.17) is 11.6 Å². The lowest BCUT2D eigenvalue weighted by Crippen LogP contribution is -2.25. The van der Waals surface area contributed by atoms with Crippen LogP contribution < -0.4 is 0 Å². The summed E-state index contributed by atoms with van der Waals surface area (Å²) in [7, 11) is 0. The van der Waals surface area contributed by atoms with Crippen LogP contribution in [0.2, 0.25) is 5.02 Å². The van der Waals surface area contributed by atoms with E-state index in [2.05, 4.69) is 41.1 Å². The van der Waals surface area contributed by atoms with Gasteiger partial charge < -0.3 is 5.11 Å². The summed E-state index contributed by atoms with van der Waals surface area (Å²) in [5.74, 6) is 0. The second-order valence-corrected chi connectivity index (χ2v) is 6.93.